The lowest BCUT2D eigenvalue weighted by Gasteiger charge is -1.97. The molecule has 3 heteroatoms. The zero-order valence-corrected chi connectivity index (χ0v) is 9.37. The lowest BCUT2D eigenvalue weighted by Crippen LogP contribution is -1.82. The van der Waals surface area contributed by atoms with Crippen molar-refractivity contribution in [2.75, 3.05) is 0 Å². The monoisotopic (exact) mass is 292 g/mol. The smallest absolute Gasteiger partial charge is 0.135 e. The van der Waals surface area contributed by atoms with E-state index in [0.29, 0.717) is 0 Å². The molecule has 1 heterocycles. The van der Waals surface area contributed by atoms with E-state index < -0.39 is 0 Å². The summed E-state index contributed by atoms with van der Waals surface area (Å²) in [5, 5.41) is 2.76. The largest absolute Gasteiger partial charge is 0.206 e. The maximum Gasteiger partial charge on any atom is 0.135 e. The summed E-state index contributed by atoms with van der Waals surface area (Å²) in [7, 11) is 0. The van der Waals surface area contributed by atoms with Crippen LogP contribution in [0, 0.1) is 16.3 Å². The van der Waals surface area contributed by atoms with Crippen molar-refractivity contribution in [1.82, 2.24) is 0 Å². The van der Waals surface area contributed by atoms with Gasteiger partial charge < -0.3 is 0 Å². The number of fused-ring (bicyclic) bond motifs is 1. The third-order valence-electron chi connectivity index (χ3n) is 1.83. The average molecular weight is 292 g/mol. The quantitative estimate of drug-likeness (QED) is 0.645. The van der Waals surface area contributed by atoms with Crippen LogP contribution >= 0.6 is 33.9 Å². The molecular weight excluding hydrogens is 286 g/mol. The second-order valence-corrected chi connectivity index (χ2v) is 4.73. The topological polar surface area (TPSA) is 0 Å². The van der Waals surface area contributed by atoms with E-state index in [0.717, 1.165) is 19.2 Å². The minimum Gasteiger partial charge on any atom is -0.206 e. The first-order chi connectivity index (χ1) is 5.70. The van der Waals surface area contributed by atoms with E-state index in [9.17, 15) is 4.39 Å². The Balaban J connectivity index is 2.96. The summed E-state index contributed by atoms with van der Waals surface area (Å²) in [6, 6.07) is 3.80. The molecule has 2 rings (SSSR count). The van der Waals surface area contributed by atoms with Crippen LogP contribution in [0.2, 0.25) is 0 Å². The predicted octanol–water partition coefficient (Wildman–Crippen LogP) is 3.95. The number of aryl methyl sites for hydroxylation is 1. The lowest BCUT2D eigenvalue weighted by molar-refractivity contribution is 0.630. The molecule has 0 bridgehead atoms. The third kappa shape index (κ3) is 1.15. The van der Waals surface area contributed by atoms with Gasteiger partial charge in [0.15, 0.2) is 0 Å². The molecule has 1 aromatic heterocycles. The molecule has 62 valence electrons. The van der Waals surface area contributed by atoms with E-state index in [4.69, 9.17) is 0 Å². The van der Waals surface area contributed by atoms with Crippen LogP contribution in [-0.2, 0) is 0 Å². The number of rotatable bonds is 0. The molecule has 2 aromatic rings. The summed E-state index contributed by atoms with van der Waals surface area (Å²) < 4.78 is 15.5. The Hall–Kier alpha value is -0.160. The standard InChI is InChI=1S/C9H6FIS/c1-5-2-3-7-8(9(5)10)6(11)4-12-7/h2-4H,1H3. The molecule has 0 saturated carbocycles. The average Bonchev–Trinajstić information content (AvgIpc) is 2.41. The minimum atomic E-state index is -0.0712. The Morgan fingerprint density at radius 2 is 2.17 bits per heavy atom. The number of halogens is 2. The summed E-state index contributed by atoms with van der Waals surface area (Å²) in [5.41, 5.74) is 0.721. The van der Waals surface area contributed by atoms with Gasteiger partial charge >= 0.3 is 0 Å². The Bertz CT molecular complexity index is 433. The Morgan fingerprint density at radius 1 is 1.42 bits per heavy atom. The van der Waals surface area contributed by atoms with Crippen LogP contribution in [0.25, 0.3) is 10.1 Å². The van der Waals surface area contributed by atoms with Crippen LogP contribution in [0.5, 0.6) is 0 Å². The van der Waals surface area contributed by atoms with Gasteiger partial charge in [-0.3, -0.25) is 0 Å². The fourth-order valence-corrected chi connectivity index (χ4v) is 3.06. The van der Waals surface area contributed by atoms with Crippen molar-refractivity contribution in [3.8, 4) is 0 Å². The highest BCUT2D eigenvalue weighted by atomic mass is 127. The zero-order chi connectivity index (χ0) is 8.72. The van der Waals surface area contributed by atoms with E-state index in [1.165, 1.54) is 0 Å². The summed E-state index contributed by atoms with van der Waals surface area (Å²) in [6.07, 6.45) is 0. The van der Waals surface area contributed by atoms with Crippen molar-refractivity contribution in [3.63, 3.8) is 0 Å². The van der Waals surface area contributed by atoms with Crippen LogP contribution in [-0.4, -0.2) is 0 Å². The molecule has 0 aliphatic carbocycles. The van der Waals surface area contributed by atoms with E-state index >= 15 is 0 Å². The van der Waals surface area contributed by atoms with Gasteiger partial charge in [0.1, 0.15) is 5.82 Å². The van der Waals surface area contributed by atoms with Gasteiger partial charge in [-0.15, -0.1) is 11.3 Å². The molecule has 1 aromatic carbocycles. The van der Waals surface area contributed by atoms with Crippen molar-refractivity contribution < 1.29 is 4.39 Å². The molecule has 0 fully saturated rings. The summed E-state index contributed by atoms with van der Waals surface area (Å²) in [6.45, 7) is 1.79. The van der Waals surface area contributed by atoms with Crippen LogP contribution < -0.4 is 0 Å². The molecule has 0 amide bonds. The molecule has 0 aliphatic rings. The Morgan fingerprint density at radius 3 is 2.92 bits per heavy atom. The molecular formula is C9H6FIS. The highest BCUT2D eigenvalue weighted by Crippen LogP contribution is 2.30. The van der Waals surface area contributed by atoms with Crippen molar-refractivity contribution >= 4 is 44.0 Å². The number of thiophene rings is 1. The lowest BCUT2D eigenvalue weighted by atomic mass is 10.2. The molecule has 0 nitrogen and oxygen atoms in total. The van der Waals surface area contributed by atoms with E-state index in [2.05, 4.69) is 22.6 Å². The normalized spacial score (nSPS) is 10.9. The molecule has 0 N–H and O–H groups in total. The molecule has 0 spiro atoms. The van der Waals surface area contributed by atoms with E-state index in [1.54, 1.807) is 18.3 Å². The molecule has 0 radical (unpaired) electrons. The van der Waals surface area contributed by atoms with Gasteiger partial charge in [-0.25, -0.2) is 4.39 Å². The summed E-state index contributed by atoms with van der Waals surface area (Å²) in [4.78, 5) is 0. The van der Waals surface area contributed by atoms with Crippen molar-refractivity contribution in [3.05, 3.63) is 32.5 Å². The fourth-order valence-electron chi connectivity index (χ4n) is 1.16. The van der Waals surface area contributed by atoms with E-state index in [-0.39, 0.29) is 5.82 Å². The van der Waals surface area contributed by atoms with Gasteiger partial charge in [-0.2, -0.15) is 0 Å². The highest BCUT2D eigenvalue weighted by molar-refractivity contribution is 14.1. The SMILES string of the molecule is Cc1ccc2scc(I)c2c1F. The molecule has 0 atom stereocenters. The van der Waals surface area contributed by atoms with Gasteiger partial charge in [-0.1, -0.05) is 6.07 Å². The van der Waals surface area contributed by atoms with Crippen molar-refractivity contribution in [1.29, 1.82) is 0 Å². The number of benzene rings is 1. The molecule has 12 heavy (non-hydrogen) atoms. The minimum absolute atomic E-state index is 0.0712. The summed E-state index contributed by atoms with van der Waals surface area (Å²) >= 11 is 3.76. The first-order valence-corrected chi connectivity index (χ1v) is 5.48. The molecule has 0 unspecified atom stereocenters. The van der Waals surface area contributed by atoms with Gasteiger partial charge in [0.25, 0.3) is 0 Å². The van der Waals surface area contributed by atoms with E-state index in [1.807, 2.05) is 17.5 Å². The first kappa shape index (κ1) is 8.44. The highest BCUT2D eigenvalue weighted by Gasteiger charge is 2.08. The number of hydrogen-bond acceptors (Lipinski definition) is 1. The van der Waals surface area contributed by atoms with Crippen LogP contribution in [0.4, 0.5) is 4.39 Å². The Kier molecular flexibility index (Phi) is 2.08. The van der Waals surface area contributed by atoms with Crippen molar-refractivity contribution in [2.45, 2.75) is 6.92 Å². The maximum absolute atomic E-state index is 13.5. The van der Waals surface area contributed by atoms with Crippen LogP contribution in [0.15, 0.2) is 17.5 Å². The third-order valence-corrected chi connectivity index (χ3v) is 4.05. The van der Waals surface area contributed by atoms with Gasteiger partial charge in [0, 0.05) is 19.0 Å². The Labute approximate surface area is 87.5 Å². The second kappa shape index (κ2) is 2.96. The fraction of sp³-hybridized carbons (Fsp3) is 0.111. The first-order valence-electron chi connectivity index (χ1n) is 3.52. The van der Waals surface area contributed by atoms with Crippen LogP contribution in [0.3, 0.4) is 0 Å². The predicted molar refractivity (Wildman–Crippen MR) is 59.2 cm³/mol. The number of hydrogen-bond donors (Lipinski definition) is 0. The second-order valence-electron chi connectivity index (χ2n) is 2.65. The zero-order valence-electron chi connectivity index (χ0n) is 6.40. The van der Waals surface area contributed by atoms with Crippen LogP contribution in [0.1, 0.15) is 5.56 Å². The summed E-state index contributed by atoms with van der Waals surface area (Å²) in [5.74, 6) is -0.0712. The van der Waals surface area contributed by atoms with Crippen molar-refractivity contribution in [2.24, 2.45) is 0 Å². The maximum atomic E-state index is 13.5. The molecule has 0 aliphatic heterocycles. The van der Waals surface area contributed by atoms with Gasteiger partial charge in [-0.05, 0) is 41.1 Å². The van der Waals surface area contributed by atoms with Gasteiger partial charge in [0.2, 0.25) is 0 Å². The van der Waals surface area contributed by atoms with Gasteiger partial charge in [0.05, 0.1) is 0 Å². The molecule has 0 saturated heterocycles.